The molecule has 1 aliphatic rings. The molecular weight excluding hydrogens is 268 g/mol. The number of nitrogens with zero attached hydrogens (tertiary/aromatic N) is 2. The SMILES string of the molecule is CCc1cn[nH]c1NC(=O)C1CCN(C(=O)C(C)C)CC1. The van der Waals surface area contributed by atoms with Crippen molar-refractivity contribution in [1.82, 2.24) is 15.1 Å². The van der Waals surface area contributed by atoms with E-state index in [0.29, 0.717) is 18.9 Å². The van der Waals surface area contributed by atoms with E-state index >= 15 is 0 Å². The number of rotatable bonds is 4. The first-order valence-electron chi connectivity index (χ1n) is 7.64. The van der Waals surface area contributed by atoms with Crippen LogP contribution in [0.1, 0.15) is 39.2 Å². The van der Waals surface area contributed by atoms with Gasteiger partial charge in [-0.3, -0.25) is 14.7 Å². The van der Waals surface area contributed by atoms with Crippen molar-refractivity contribution in [3.05, 3.63) is 11.8 Å². The van der Waals surface area contributed by atoms with Crippen molar-refractivity contribution in [1.29, 1.82) is 0 Å². The van der Waals surface area contributed by atoms with Crippen molar-refractivity contribution >= 4 is 17.6 Å². The molecule has 0 aromatic carbocycles. The first-order chi connectivity index (χ1) is 10.0. The Morgan fingerprint density at radius 3 is 2.67 bits per heavy atom. The number of likely N-dealkylation sites (tertiary alicyclic amines) is 1. The van der Waals surface area contributed by atoms with Crippen LogP contribution in [-0.4, -0.2) is 40.0 Å². The molecule has 6 heteroatoms. The van der Waals surface area contributed by atoms with Gasteiger partial charge in [-0.15, -0.1) is 0 Å². The quantitative estimate of drug-likeness (QED) is 0.888. The van der Waals surface area contributed by atoms with E-state index in [2.05, 4.69) is 15.5 Å². The number of amides is 2. The fourth-order valence-corrected chi connectivity index (χ4v) is 2.64. The molecule has 0 bridgehead atoms. The Kier molecular flexibility index (Phi) is 4.98. The zero-order valence-corrected chi connectivity index (χ0v) is 13.0. The summed E-state index contributed by atoms with van der Waals surface area (Å²) in [7, 11) is 0. The molecule has 2 rings (SSSR count). The van der Waals surface area contributed by atoms with Crippen LogP contribution in [0, 0.1) is 11.8 Å². The normalized spacial score (nSPS) is 16.3. The molecule has 6 nitrogen and oxygen atoms in total. The van der Waals surface area contributed by atoms with Crippen LogP contribution in [-0.2, 0) is 16.0 Å². The van der Waals surface area contributed by atoms with Gasteiger partial charge in [-0.05, 0) is 19.3 Å². The molecule has 0 spiro atoms. The minimum atomic E-state index is -0.0331. The smallest absolute Gasteiger partial charge is 0.228 e. The highest BCUT2D eigenvalue weighted by atomic mass is 16.2. The average molecular weight is 292 g/mol. The van der Waals surface area contributed by atoms with Crippen LogP contribution in [0.2, 0.25) is 0 Å². The topological polar surface area (TPSA) is 78.1 Å². The lowest BCUT2D eigenvalue weighted by atomic mass is 9.95. The minimum Gasteiger partial charge on any atom is -0.342 e. The first-order valence-corrected chi connectivity index (χ1v) is 7.64. The maximum absolute atomic E-state index is 12.3. The molecule has 2 amide bonds. The summed E-state index contributed by atoms with van der Waals surface area (Å²) in [6, 6.07) is 0. The maximum Gasteiger partial charge on any atom is 0.228 e. The summed E-state index contributed by atoms with van der Waals surface area (Å²) in [5.41, 5.74) is 1.01. The molecule has 1 saturated heterocycles. The number of nitrogens with one attached hydrogen (secondary N) is 2. The summed E-state index contributed by atoms with van der Waals surface area (Å²) in [5.74, 6) is 0.881. The lowest BCUT2D eigenvalue weighted by Gasteiger charge is -2.32. The van der Waals surface area contributed by atoms with E-state index in [1.165, 1.54) is 0 Å². The third-order valence-electron chi connectivity index (χ3n) is 4.02. The maximum atomic E-state index is 12.3. The Bertz CT molecular complexity index is 502. The van der Waals surface area contributed by atoms with Gasteiger partial charge in [0, 0.05) is 30.5 Å². The number of hydrogen-bond donors (Lipinski definition) is 2. The molecule has 21 heavy (non-hydrogen) atoms. The predicted octanol–water partition coefficient (Wildman–Crippen LogP) is 1.81. The lowest BCUT2D eigenvalue weighted by molar-refractivity contribution is -0.137. The van der Waals surface area contributed by atoms with Gasteiger partial charge in [0.15, 0.2) is 0 Å². The molecule has 0 atom stereocenters. The molecule has 0 radical (unpaired) electrons. The van der Waals surface area contributed by atoms with Crippen LogP contribution < -0.4 is 5.32 Å². The number of hydrogen-bond acceptors (Lipinski definition) is 3. The van der Waals surface area contributed by atoms with Gasteiger partial charge in [0.05, 0.1) is 6.20 Å². The highest BCUT2D eigenvalue weighted by molar-refractivity contribution is 5.92. The molecule has 2 heterocycles. The monoisotopic (exact) mass is 292 g/mol. The largest absolute Gasteiger partial charge is 0.342 e. The van der Waals surface area contributed by atoms with Crippen molar-refractivity contribution in [2.45, 2.75) is 40.0 Å². The summed E-state index contributed by atoms with van der Waals surface area (Å²) in [4.78, 5) is 26.1. The zero-order chi connectivity index (χ0) is 15.4. The summed E-state index contributed by atoms with van der Waals surface area (Å²) in [6.07, 6.45) is 4.01. The van der Waals surface area contributed by atoms with E-state index in [9.17, 15) is 9.59 Å². The molecule has 1 aliphatic heterocycles. The van der Waals surface area contributed by atoms with Gasteiger partial charge in [0.2, 0.25) is 11.8 Å². The van der Waals surface area contributed by atoms with E-state index in [0.717, 1.165) is 24.8 Å². The van der Waals surface area contributed by atoms with Gasteiger partial charge in [-0.2, -0.15) is 5.10 Å². The first kappa shape index (κ1) is 15.5. The fourth-order valence-electron chi connectivity index (χ4n) is 2.64. The number of carbonyl (C=O) groups is 2. The molecule has 0 aliphatic carbocycles. The van der Waals surface area contributed by atoms with Crippen molar-refractivity contribution in [3.63, 3.8) is 0 Å². The predicted molar refractivity (Wildman–Crippen MR) is 80.7 cm³/mol. The summed E-state index contributed by atoms with van der Waals surface area (Å²) >= 11 is 0. The average Bonchev–Trinajstić information content (AvgIpc) is 2.93. The molecule has 1 aromatic rings. The molecular formula is C15H24N4O2. The van der Waals surface area contributed by atoms with Gasteiger partial charge in [-0.1, -0.05) is 20.8 Å². The third kappa shape index (κ3) is 3.62. The lowest BCUT2D eigenvalue weighted by Crippen LogP contribution is -2.43. The Balaban J connectivity index is 1.87. The van der Waals surface area contributed by atoms with Crippen molar-refractivity contribution in [3.8, 4) is 0 Å². The van der Waals surface area contributed by atoms with Crippen molar-refractivity contribution in [2.75, 3.05) is 18.4 Å². The molecule has 0 saturated carbocycles. The van der Waals surface area contributed by atoms with Crippen LogP contribution in [0.3, 0.4) is 0 Å². The van der Waals surface area contributed by atoms with E-state index in [1.807, 2.05) is 25.7 Å². The van der Waals surface area contributed by atoms with Crippen LogP contribution in [0.4, 0.5) is 5.82 Å². The Hall–Kier alpha value is -1.85. The summed E-state index contributed by atoms with van der Waals surface area (Å²) in [6.45, 7) is 7.17. The van der Waals surface area contributed by atoms with Gasteiger partial charge >= 0.3 is 0 Å². The Morgan fingerprint density at radius 1 is 1.43 bits per heavy atom. The second-order valence-electron chi connectivity index (χ2n) is 5.87. The highest BCUT2D eigenvalue weighted by Crippen LogP contribution is 2.21. The number of aromatic nitrogens is 2. The number of carbonyl (C=O) groups excluding carboxylic acids is 2. The van der Waals surface area contributed by atoms with E-state index < -0.39 is 0 Å². The third-order valence-corrected chi connectivity index (χ3v) is 4.02. The van der Waals surface area contributed by atoms with E-state index in [1.54, 1.807) is 6.20 Å². The van der Waals surface area contributed by atoms with Crippen molar-refractivity contribution < 1.29 is 9.59 Å². The van der Waals surface area contributed by atoms with Gasteiger partial charge in [0.25, 0.3) is 0 Å². The minimum absolute atomic E-state index is 0.0191. The highest BCUT2D eigenvalue weighted by Gasteiger charge is 2.28. The second-order valence-corrected chi connectivity index (χ2v) is 5.87. The molecule has 1 fully saturated rings. The van der Waals surface area contributed by atoms with Gasteiger partial charge in [0.1, 0.15) is 5.82 Å². The van der Waals surface area contributed by atoms with E-state index in [4.69, 9.17) is 0 Å². The van der Waals surface area contributed by atoms with Crippen molar-refractivity contribution in [2.24, 2.45) is 11.8 Å². The van der Waals surface area contributed by atoms with Crippen LogP contribution >= 0.6 is 0 Å². The number of H-pyrrole nitrogens is 1. The number of piperidine rings is 1. The number of aromatic amines is 1. The Labute approximate surface area is 125 Å². The summed E-state index contributed by atoms with van der Waals surface area (Å²) < 4.78 is 0. The summed E-state index contributed by atoms with van der Waals surface area (Å²) in [5, 5.41) is 9.69. The van der Waals surface area contributed by atoms with E-state index in [-0.39, 0.29) is 23.7 Å². The second kappa shape index (κ2) is 6.74. The van der Waals surface area contributed by atoms with Crippen LogP contribution in [0.25, 0.3) is 0 Å². The molecule has 1 aromatic heterocycles. The fraction of sp³-hybridized carbons (Fsp3) is 0.667. The molecule has 2 N–H and O–H groups in total. The van der Waals surface area contributed by atoms with Gasteiger partial charge < -0.3 is 10.2 Å². The zero-order valence-electron chi connectivity index (χ0n) is 13.0. The number of aryl methyl sites for hydroxylation is 1. The Morgan fingerprint density at radius 2 is 2.10 bits per heavy atom. The standard InChI is InChI=1S/C15H24N4O2/c1-4-11-9-16-18-13(11)17-14(20)12-5-7-19(8-6-12)15(21)10(2)3/h9-10,12H,4-8H2,1-3H3,(H2,16,17,18,20). The van der Waals surface area contributed by atoms with Crippen LogP contribution in [0.15, 0.2) is 6.20 Å². The van der Waals surface area contributed by atoms with Crippen LogP contribution in [0.5, 0.6) is 0 Å². The molecule has 0 unspecified atom stereocenters. The number of anilines is 1. The van der Waals surface area contributed by atoms with Gasteiger partial charge in [-0.25, -0.2) is 0 Å². The molecule has 116 valence electrons.